The second-order valence-corrected chi connectivity index (χ2v) is 4.15. The van der Waals surface area contributed by atoms with Crippen molar-refractivity contribution >= 4 is 5.78 Å². The summed E-state index contributed by atoms with van der Waals surface area (Å²) in [6.07, 6.45) is 3.14. The highest BCUT2D eigenvalue weighted by atomic mass is 16.5. The Bertz CT molecular complexity index is 185. The molecular weight excluding hydrogens is 206 g/mol. The molecule has 0 aliphatic carbocycles. The van der Waals surface area contributed by atoms with Gasteiger partial charge in [0.2, 0.25) is 0 Å². The average molecular weight is 231 g/mol. The molecule has 0 aromatic carbocycles. The Labute approximate surface area is 98.9 Å². The lowest BCUT2D eigenvalue weighted by Gasteiger charge is -2.22. The third-order valence-corrected chi connectivity index (χ3v) is 2.61. The Kier molecular flexibility index (Phi) is 9.48. The molecule has 4 heteroatoms. The van der Waals surface area contributed by atoms with Gasteiger partial charge in [0.05, 0.1) is 6.61 Å². The number of Topliss-reactive ketones (excluding diaryl/α,β-unsaturated/α-hetero) is 1. The van der Waals surface area contributed by atoms with Gasteiger partial charge < -0.3 is 9.47 Å². The molecule has 1 heterocycles. The third-order valence-electron chi connectivity index (χ3n) is 2.61. The minimum absolute atomic E-state index is 0.281. The van der Waals surface area contributed by atoms with E-state index in [0.717, 1.165) is 19.7 Å². The molecule has 1 rings (SSSR count). The van der Waals surface area contributed by atoms with Crippen molar-refractivity contribution in [3.63, 3.8) is 0 Å². The zero-order valence-electron chi connectivity index (χ0n) is 11.0. The molecular formula is C12H25NO3. The summed E-state index contributed by atoms with van der Waals surface area (Å²) in [6.45, 7) is 4.49. The van der Waals surface area contributed by atoms with E-state index in [2.05, 4.69) is 9.64 Å². The van der Waals surface area contributed by atoms with Crippen LogP contribution in [-0.4, -0.2) is 57.8 Å². The first-order chi connectivity index (χ1) is 7.65. The molecule has 16 heavy (non-hydrogen) atoms. The van der Waals surface area contributed by atoms with Crippen molar-refractivity contribution in [1.29, 1.82) is 0 Å². The van der Waals surface area contributed by atoms with Crippen LogP contribution in [-0.2, 0) is 14.3 Å². The van der Waals surface area contributed by atoms with Gasteiger partial charge in [-0.3, -0.25) is 9.69 Å². The van der Waals surface area contributed by atoms with Gasteiger partial charge in [0.25, 0.3) is 0 Å². The third kappa shape index (κ3) is 6.93. The lowest BCUT2D eigenvalue weighted by Crippen LogP contribution is -2.34. The zero-order valence-corrected chi connectivity index (χ0v) is 11.0. The minimum Gasteiger partial charge on any atom is -0.388 e. The first kappa shape index (κ1) is 15.6. The minimum atomic E-state index is 0.281. The summed E-state index contributed by atoms with van der Waals surface area (Å²) in [5.41, 5.74) is 0. The van der Waals surface area contributed by atoms with E-state index >= 15 is 0 Å². The number of carbonyl (C=O) groups is 1. The van der Waals surface area contributed by atoms with Crippen LogP contribution in [0.2, 0.25) is 0 Å². The van der Waals surface area contributed by atoms with Gasteiger partial charge >= 0.3 is 0 Å². The van der Waals surface area contributed by atoms with Gasteiger partial charge in [0.1, 0.15) is 5.78 Å². The Hall–Kier alpha value is -0.450. The Balaban J connectivity index is 0.000000673. The van der Waals surface area contributed by atoms with Crippen LogP contribution in [0.5, 0.6) is 0 Å². The summed E-state index contributed by atoms with van der Waals surface area (Å²) < 4.78 is 9.39. The van der Waals surface area contributed by atoms with E-state index in [1.54, 1.807) is 28.3 Å². The van der Waals surface area contributed by atoms with Crippen molar-refractivity contribution in [1.82, 2.24) is 4.90 Å². The number of ketones is 1. The van der Waals surface area contributed by atoms with Crippen LogP contribution < -0.4 is 0 Å². The predicted molar refractivity (Wildman–Crippen MR) is 64.7 cm³/mol. The lowest BCUT2D eigenvalue weighted by molar-refractivity contribution is -0.117. The fourth-order valence-corrected chi connectivity index (χ4v) is 1.87. The summed E-state index contributed by atoms with van der Waals surface area (Å²) in [4.78, 5) is 13.2. The topological polar surface area (TPSA) is 38.8 Å². The molecule has 96 valence electrons. The average Bonchev–Trinajstić information content (AvgIpc) is 2.64. The first-order valence-electron chi connectivity index (χ1n) is 5.78. The van der Waals surface area contributed by atoms with Crippen molar-refractivity contribution in [2.45, 2.75) is 32.2 Å². The van der Waals surface area contributed by atoms with Crippen molar-refractivity contribution in [3.05, 3.63) is 0 Å². The normalized spacial score (nSPS) is 20.4. The van der Waals surface area contributed by atoms with Crippen LogP contribution in [0.1, 0.15) is 26.2 Å². The second kappa shape index (κ2) is 9.75. The highest BCUT2D eigenvalue weighted by Gasteiger charge is 2.23. The van der Waals surface area contributed by atoms with Crippen molar-refractivity contribution < 1.29 is 14.3 Å². The van der Waals surface area contributed by atoms with E-state index in [1.807, 2.05) is 0 Å². The van der Waals surface area contributed by atoms with Crippen molar-refractivity contribution in [3.8, 4) is 0 Å². The predicted octanol–water partition coefficient (Wildman–Crippen LogP) is 1.34. The Morgan fingerprint density at radius 2 is 2.00 bits per heavy atom. The van der Waals surface area contributed by atoms with E-state index in [1.165, 1.54) is 12.8 Å². The largest absolute Gasteiger partial charge is 0.388 e. The maximum atomic E-state index is 10.8. The molecule has 0 radical (unpaired) electrons. The van der Waals surface area contributed by atoms with Crippen LogP contribution in [0.15, 0.2) is 0 Å². The van der Waals surface area contributed by atoms with Gasteiger partial charge in [0.15, 0.2) is 0 Å². The zero-order chi connectivity index (χ0) is 12.4. The summed E-state index contributed by atoms with van der Waals surface area (Å²) in [7, 11) is 4.99. The smallest absolute Gasteiger partial charge is 0.131 e. The molecule has 0 unspecified atom stereocenters. The molecule has 1 atom stereocenters. The van der Waals surface area contributed by atoms with Gasteiger partial charge in [0, 0.05) is 40.3 Å². The Morgan fingerprint density at radius 1 is 1.38 bits per heavy atom. The van der Waals surface area contributed by atoms with E-state index in [0.29, 0.717) is 12.5 Å². The SMILES string of the molecule is COC.COC[C@H]1CCCN1CCC(C)=O. The highest BCUT2D eigenvalue weighted by molar-refractivity contribution is 5.75. The van der Waals surface area contributed by atoms with Crippen LogP contribution in [0.3, 0.4) is 0 Å². The molecule has 1 saturated heterocycles. The highest BCUT2D eigenvalue weighted by Crippen LogP contribution is 2.17. The fraction of sp³-hybridized carbons (Fsp3) is 0.917. The van der Waals surface area contributed by atoms with Gasteiger partial charge in [-0.05, 0) is 26.3 Å². The van der Waals surface area contributed by atoms with E-state index in [9.17, 15) is 4.79 Å². The number of nitrogens with zero attached hydrogens (tertiary/aromatic N) is 1. The number of ether oxygens (including phenoxy) is 2. The molecule has 1 fully saturated rings. The molecule has 0 aromatic heterocycles. The van der Waals surface area contributed by atoms with Crippen LogP contribution in [0.4, 0.5) is 0 Å². The van der Waals surface area contributed by atoms with Gasteiger partial charge in [-0.25, -0.2) is 0 Å². The molecule has 4 nitrogen and oxygen atoms in total. The second-order valence-electron chi connectivity index (χ2n) is 4.15. The molecule has 0 amide bonds. The van der Waals surface area contributed by atoms with Gasteiger partial charge in [-0.2, -0.15) is 0 Å². The van der Waals surface area contributed by atoms with Gasteiger partial charge in [-0.1, -0.05) is 0 Å². The molecule has 0 aromatic rings. The van der Waals surface area contributed by atoms with Crippen LogP contribution in [0.25, 0.3) is 0 Å². The van der Waals surface area contributed by atoms with E-state index in [-0.39, 0.29) is 5.78 Å². The fourth-order valence-electron chi connectivity index (χ4n) is 1.87. The quantitative estimate of drug-likeness (QED) is 0.715. The van der Waals surface area contributed by atoms with Crippen LogP contribution >= 0.6 is 0 Å². The summed E-state index contributed by atoms with van der Waals surface area (Å²) in [5.74, 6) is 0.281. The van der Waals surface area contributed by atoms with Crippen LogP contribution in [0, 0.1) is 0 Å². The van der Waals surface area contributed by atoms with Crippen molar-refractivity contribution in [2.75, 3.05) is 41.0 Å². The standard InChI is InChI=1S/C10H19NO2.C2H6O/c1-9(12)5-7-11-6-3-4-10(11)8-13-2;1-3-2/h10H,3-8H2,1-2H3;1-2H3/t10-;/m1./s1. The number of hydrogen-bond acceptors (Lipinski definition) is 4. The van der Waals surface area contributed by atoms with Crippen molar-refractivity contribution in [2.24, 2.45) is 0 Å². The molecule has 1 aliphatic rings. The first-order valence-corrected chi connectivity index (χ1v) is 5.78. The van der Waals surface area contributed by atoms with Gasteiger partial charge in [-0.15, -0.1) is 0 Å². The maximum absolute atomic E-state index is 10.8. The van der Waals surface area contributed by atoms with E-state index in [4.69, 9.17) is 4.74 Å². The number of hydrogen-bond donors (Lipinski definition) is 0. The number of carbonyl (C=O) groups excluding carboxylic acids is 1. The summed E-state index contributed by atoms with van der Waals surface area (Å²) in [5, 5.41) is 0. The molecule has 0 saturated carbocycles. The monoisotopic (exact) mass is 231 g/mol. The van der Waals surface area contributed by atoms with E-state index < -0.39 is 0 Å². The number of likely N-dealkylation sites (tertiary alicyclic amines) is 1. The molecule has 0 bridgehead atoms. The molecule has 1 aliphatic heterocycles. The summed E-state index contributed by atoms with van der Waals surface area (Å²) >= 11 is 0. The Morgan fingerprint density at radius 3 is 2.50 bits per heavy atom. The molecule has 0 N–H and O–H groups in total. The lowest BCUT2D eigenvalue weighted by atomic mass is 10.2. The maximum Gasteiger partial charge on any atom is 0.131 e. The number of rotatable bonds is 5. The number of methoxy groups -OCH3 is 2. The molecule has 0 spiro atoms. The summed E-state index contributed by atoms with van der Waals surface area (Å²) in [6, 6.07) is 0.546.